The van der Waals surface area contributed by atoms with E-state index in [0.29, 0.717) is 11.3 Å². The summed E-state index contributed by atoms with van der Waals surface area (Å²) in [5, 5.41) is 11.1. The van der Waals surface area contributed by atoms with Gasteiger partial charge in [-0.05, 0) is 18.9 Å². The fraction of sp³-hybridized carbons (Fsp3) is 0.300. The van der Waals surface area contributed by atoms with Crippen LogP contribution in [-0.4, -0.2) is 29.3 Å². The number of carbonyl (C=O) groups is 2. The minimum Gasteiger partial charge on any atom is -0.478 e. The molecule has 0 spiro atoms. The molecule has 1 heterocycles. The number of non-ortho nitro benzene ring substituents is 1. The summed E-state index contributed by atoms with van der Waals surface area (Å²) < 4.78 is 5.72. The van der Waals surface area contributed by atoms with E-state index in [2.05, 4.69) is 0 Å². The molecule has 0 saturated heterocycles. The summed E-state index contributed by atoms with van der Waals surface area (Å²) in [6.07, 6.45) is -0.801. The SMILES string of the molecule is Cc1ccc(C(=O)CN2C(=O)C(C(C)C)Oc3cc([N+](=O)[O-])ccc32)cc1. The van der Waals surface area contributed by atoms with Crippen LogP contribution in [0.25, 0.3) is 0 Å². The van der Waals surface area contributed by atoms with Crippen LogP contribution in [0.15, 0.2) is 42.5 Å². The van der Waals surface area contributed by atoms with Gasteiger partial charge in [-0.1, -0.05) is 43.7 Å². The molecule has 1 amide bonds. The first-order valence-electron chi connectivity index (χ1n) is 8.64. The summed E-state index contributed by atoms with van der Waals surface area (Å²) in [7, 11) is 0. The fourth-order valence-corrected chi connectivity index (χ4v) is 2.95. The van der Waals surface area contributed by atoms with Crippen molar-refractivity contribution >= 4 is 23.1 Å². The summed E-state index contributed by atoms with van der Waals surface area (Å²) >= 11 is 0. The Morgan fingerprint density at radius 1 is 1.22 bits per heavy atom. The van der Waals surface area contributed by atoms with E-state index >= 15 is 0 Å². The maximum absolute atomic E-state index is 12.9. The van der Waals surface area contributed by atoms with Crippen LogP contribution in [0.5, 0.6) is 5.75 Å². The van der Waals surface area contributed by atoms with Crippen LogP contribution in [0.3, 0.4) is 0 Å². The van der Waals surface area contributed by atoms with Crippen LogP contribution >= 0.6 is 0 Å². The molecule has 0 N–H and O–H groups in total. The minimum atomic E-state index is -0.801. The fourth-order valence-electron chi connectivity index (χ4n) is 2.95. The predicted octanol–water partition coefficient (Wildman–Crippen LogP) is 3.54. The number of carbonyl (C=O) groups excluding carboxylic acids is 2. The highest BCUT2D eigenvalue weighted by atomic mass is 16.6. The molecule has 0 saturated carbocycles. The molecule has 2 aromatic rings. The largest absolute Gasteiger partial charge is 0.478 e. The first-order chi connectivity index (χ1) is 12.8. The van der Waals surface area contributed by atoms with E-state index in [4.69, 9.17) is 4.74 Å². The number of rotatable bonds is 5. The second-order valence-electron chi connectivity index (χ2n) is 6.91. The minimum absolute atomic E-state index is 0.129. The maximum atomic E-state index is 12.9. The molecule has 1 aliphatic rings. The van der Waals surface area contributed by atoms with Crippen molar-refractivity contribution in [2.45, 2.75) is 26.9 Å². The van der Waals surface area contributed by atoms with Gasteiger partial charge in [-0.3, -0.25) is 24.6 Å². The van der Waals surface area contributed by atoms with E-state index in [1.54, 1.807) is 12.1 Å². The number of Topliss-reactive ketones (excluding diaryl/α,β-unsaturated/α-hetero) is 1. The normalized spacial score (nSPS) is 16.1. The van der Waals surface area contributed by atoms with Gasteiger partial charge in [0, 0.05) is 11.6 Å². The van der Waals surface area contributed by atoms with E-state index in [1.807, 2.05) is 32.9 Å². The number of ketones is 1. The molecule has 0 bridgehead atoms. The number of anilines is 1. The van der Waals surface area contributed by atoms with Gasteiger partial charge in [-0.25, -0.2) is 0 Å². The van der Waals surface area contributed by atoms with E-state index < -0.39 is 11.0 Å². The number of nitrogens with zero attached hydrogens (tertiary/aromatic N) is 2. The molecule has 7 heteroatoms. The van der Waals surface area contributed by atoms with Crippen molar-refractivity contribution in [3.8, 4) is 5.75 Å². The lowest BCUT2D eigenvalue weighted by Gasteiger charge is -2.35. The third-order valence-electron chi connectivity index (χ3n) is 4.49. The molecule has 27 heavy (non-hydrogen) atoms. The Morgan fingerprint density at radius 3 is 2.48 bits per heavy atom. The van der Waals surface area contributed by atoms with Gasteiger partial charge < -0.3 is 4.74 Å². The van der Waals surface area contributed by atoms with Gasteiger partial charge in [0.15, 0.2) is 17.6 Å². The van der Waals surface area contributed by atoms with E-state index in [0.717, 1.165) is 5.56 Å². The Hall–Kier alpha value is -3.22. The van der Waals surface area contributed by atoms with E-state index in [1.165, 1.54) is 23.1 Å². The van der Waals surface area contributed by atoms with Crippen LogP contribution < -0.4 is 9.64 Å². The summed E-state index contributed by atoms with van der Waals surface area (Å²) in [6, 6.07) is 11.2. The van der Waals surface area contributed by atoms with Crippen molar-refractivity contribution < 1.29 is 19.2 Å². The van der Waals surface area contributed by atoms with Gasteiger partial charge in [0.2, 0.25) is 0 Å². The quantitative estimate of drug-likeness (QED) is 0.457. The van der Waals surface area contributed by atoms with Gasteiger partial charge in [0.05, 0.1) is 23.2 Å². The molecular weight excluding hydrogens is 348 g/mol. The Morgan fingerprint density at radius 2 is 1.89 bits per heavy atom. The molecule has 7 nitrogen and oxygen atoms in total. The number of aryl methyl sites for hydroxylation is 1. The zero-order valence-electron chi connectivity index (χ0n) is 15.3. The molecule has 1 unspecified atom stereocenters. The Labute approximate surface area is 156 Å². The molecular formula is C20H20N2O5. The summed E-state index contributed by atoms with van der Waals surface area (Å²) in [5.74, 6) is -0.454. The second kappa shape index (κ2) is 7.19. The molecule has 1 aliphatic heterocycles. The summed E-state index contributed by atoms with van der Waals surface area (Å²) in [4.78, 5) is 37.5. The van der Waals surface area contributed by atoms with Gasteiger partial charge in [-0.2, -0.15) is 0 Å². The maximum Gasteiger partial charge on any atom is 0.273 e. The van der Waals surface area contributed by atoms with Crippen LogP contribution in [-0.2, 0) is 4.79 Å². The van der Waals surface area contributed by atoms with Crippen LogP contribution in [0.2, 0.25) is 0 Å². The number of nitro groups is 1. The lowest BCUT2D eigenvalue weighted by molar-refractivity contribution is -0.384. The second-order valence-corrected chi connectivity index (χ2v) is 6.91. The molecule has 140 valence electrons. The first-order valence-corrected chi connectivity index (χ1v) is 8.64. The molecule has 0 radical (unpaired) electrons. The number of benzene rings is 2. The smallest absolute Gasteiger partial charge is 0.273 e. The molecule has 0 aromatic heterocycles. The highest BCUT2D eigenvalue weighted by Crippen LogP contribution is 2.38. The van der Waals surface area contributed by atoms with Crippen LogP contribution in [0.1, 0.15) is 29.8 Å². The molecule has 0 fully saturated rings. The molecule has 1 atom stereocenters. The van der Waals surface area contributed by atoms with Gasteiger partial charge in [0.25, 0.3) is 11.6 Å². The van der Waals surface area contributed by atoms with E-state index in [-0.39, 0.29) is 35.6 Å². The van der Waals surface area contributed by atoms with Crippen molar-refractivity contribution in [3.63, 3.8) is 0 Å². The zero-order chi connectivity index (χ0) is 19.7. The summed E-state index contributed by atoms with van der Waals surface area (Å²) in [5.41, 5.74) is 1.77. The Bertz CT molecular complexity index is 905. The third kappa shape index (κ3) is 3.67. The number of ether oxygens (including phenoxy) is 1. The van der Waals surface area contributed by atoms with Crippen molar-refractivity contribution in [3.05, 3.63) is 63.7 Å². The number of hydrogen-bond donors (Lipinski definition) is 0. The van der Waals surface area contributed by atoms with Crippen molar-refractivity contribution in [1.82, 2.24) is 0 Å². The molecule has 3 rings (SSSR count). The Kier molecular flexibility index (Phi) is 4.94. The Balaban J connectivity index is 1.97. The highest BCUT2D eigenvalue weighted by molar-refractivity contribution is 6.08. The first kappa shape index (κ1) is 18.6. The number of fused-ring (bicyclic) bond motifs is 1. The molecule has 2 aromatic carbocycles. The topological polar surface area (TPSA) is 89.8 Å². The average molecular weight is 368 g/mol. The average Bonchev–Trinajstić information content (AvgIpc) is 2.63. The van der Waals surface area contributed by atoms with Crippen molar-refractivity contribution in [2.24, 2.45) is 5.92 Å². The number of hydrogen-bond acceptors (Lipinski definition) is 5. The van der Waals surface area contributed by atoms with Gasteiger partial charge >= 0.3 is 0 Å². The van der Waals surface area contributed by atoms with Crippen LogP contribution in [0, 0.1) is 23.0 Å². The van der Waals surface area contributed by atoms with Crippen molar-refractivity contribution in [1.29, 1.82) is 0 Å². The van der Waals surface area contributed by atoms with Crippen LogP contribution in [0.4, 0.5) is 11.4 Å². The standard InChI is InChI=1S/C20H20N2O5/c1-12(2)19-20(24)21(11-17(23)14-6-4-13(3)5-7-14)16-9-8-15(22(25)26)10-18(16)27-19/h4-10,12,19H,11H2,1-3H3. The van der Waals surface area contributed by atoms with Crippen molar-refractivity contribution in [2.75, 3.05) is 11.4 Å². The monoisotopic (exact) mass is 368 g/mol. The zero-order valence-corrected chi connectivity index (χ0v) is 15.3. The third-order valence-corrected chi connectivity index (χ3v) is 4.49. The highest BCUT2D eigenvalue weighted by Gasteiger charge is 2.38. The lowest BCUT2D eigenvalue weighted by Crippen LogP contribution is -2.50. The molecule has 0 aliphatic carbocycles. The lowest BCUT2D eigenvalue weighted by atomic mass is 10.0. The van der Waals surface area contributed by atoms with E-state index in [9.17, 15) is 19.7 Å². The predicted molar refractivity (Wildman–Crippen MR) is 100 cm³/mol. The van der Waals surface area contributed by atoms with Gasteiger partial charge in [-0.15, -0.1) is 0 Å². The number of nitro benzene ring substituents is 1. The summed E-state index contributed by atoms with van der Waals surface area (Å²) in [6.45, 7) is 5.42. The number of amides is 1. The van der Waals surface area contributed by atoms with Gasteiger partial charge in [0.1, 0.15) is 0 Å².